The predicted octanol–water partition coefficient (Wildman–Crippen LogP) is 3.44. The summed E-state index contributed by atoms with van der Waals surface area (Å²) in [5, 5.41) is 3.47. The van der Waals surface area contributed by atoms with Crippen LogP contribution in [0.1, 0.15) is 58.6 Å². The van der Waals surface area contributed by atoms with Gasteiger partial charge < -0.3 is 19.9 Å². The summed E-state index contributed by atoms with van der Waals surface area (Å²) in [6.07, 6.45) is 7.94. The number of nitrogens with zero attached hydrogens (tertiary/aromatic N) is 2. The molecule has 29 heavy (non-hydrogen) atoms. The van der Waals surface area contributed by atoms with E-state index in [-0.39, 0.29) is 36.3 Å². The molecule has 5 heterocycles. The molecular weight excluding hydrogens is 429 g/mol. The van der Waals surface area contributed by atoms with Crippen LogP contribution in [0.2, 0.25) is 0 Å². The standard InChI is InChI=1S/C21H31N3O2S.2ClH/c25-20(24-10-1-2-11-24)18-15-16-5-14-26-21(19(16)27-18)6-12-23(13-7-21)17-3-8-22-9-4-17;;/h15,17,22H,1-14H2;2*1H. The SMILES string of the molecule is Cl.Cl.O=C(c1cc2c(s1)C1(CCN(C3CCNCC3)CC1)OCC2)N1CCCC1. The molecule has 0 bridgehead atoms. The van der Waals surface area contributed by atoms with Gasteiger partial charge in [-0.25, -0.2) is 0 Å². The predicted molar refractivity (Wildman–Crippen MR) is 122 cm³/mol. The van der Waals surface area contributed by atoms with Crippen molar-refractivity contribution in [2.75, 3.05) is 45.9 Å². The minimum absolute atomic E-state index is 0. The van der Waals surface area contributed by atoms with Crippen LogP contribution in [-0.4, -0.2) is 67.6 Å². The lowest BCUT2D eigenvalue weighted by Crippen LogP contribution is -2.51. The molecule has 3 saturated heterocycles. The van der Waals surface area contributed by atoms with E-state index in [1.807, 2.05) is 4.90 Å². The fourth-order valence-electron chi connectivity index (χ4n) is 5.40. The molecule has 1 aromatic rings. The zero-order valence-electron chi connectivity index (χ0n) is 17.0. The second kappa shape index (κ2) is 9.84. The van der Waals surface area contributed by atoms with Crippen molar-refractivity contribution in [2.45, 2.75) is 56.6 Å². The van der Waals surface area contributed by atoms with Gasteiger partial charge in [-0.2, -0.15) is 0 Å². The second-order valence-electron chi connectivity index (χ2n) is 8.57. The van der Waals surface area contributed by atoms with Crippen LogP contribution in [0.5, 0.6) is 0 Å². The van der Waals surface area contributed by atoms with Gasteiger partial charge in [0.2, 0.25) is 0 Å². The maximum Gasteiger partial charge on any atom is 0.263 e. The zero-order chi connectivity index (χ0) is 18.3. The van der Waals surface area contributed by atoms with Gasteiger partial charge in [-0.1, -0.05) is 0 Å². The average Bonchev–Trinajstić information content (AvgIpc) is 3.40. The number of ether oxygens (including phenoxy) is 1. The Hall–Kier alpha value is -0.370. The van der Waals surface area contributed by atoms with Gasteiger partial charge in [0.15, 0.2) is 0 Å². The third-order valence-electron chi connectivity index (χ3n) is 7.01. The first-order chi connectivity index (χ1) is 13.3. The smallest absolute Gasteiger partial charge is 0.263 e. The van der Waals surface area contributed by atoms with Crippen LogP contribution in [0.15, 0.2) is 6.07 Å². The molecule has 3 fully saturated rings. The van der Waals surface area contributed by atoms with Gasteiger partial charge in [-0.3, -0.25) is 4.79 Å². The second-order valence-corrected chi connectivity index (χ2v) is 9.63. The van der Waals surface area contributed by atoms with E-state index in [0.29, 0.717) is 0 Å². The van der Waals surface area contributed by atoms with Crippen LogP contribution in [-0.2, 0) is 16.8 Å². The van der Waals surface area contributed by atoms with E-state index in [1.165, 1.54) is 23.3 Å². The Balaban J connectivity index is 0.00000120. The van der Waals surface area contributed by atoms with Crippen LogP contribution < -0.4 is 5.32 Å². The number of hydrogen-bond donors (Lipinski definition) is 1. The molecule has 8 heteroatoms. The molecule has 0 radical (unpaired) electrons. The summed E-state index contributed by atoms with van der Waals surface area (Å²) in [5.74, 6) is 0.245. The minimum Gasteiger partial charge on any atom is -0.369 e. The quantitative estimate of drug-likeness (QED) is 0.732. The van der Waals surface area contributed by atoms with Crippen molar-refractivity contribution in [3.63, 3.8) is 0 Å². The van der Waals surface area contributed by atoms with Crippen molar-refractivity contribution in [3.8, 4) is 0 Å². The van der Waals surface area contributed by atoms with Gasteiger partial charge in [-0.15, -0.1) is 36.2 Å². The Morgan fingerprint density at radius 1 is 1.10 bits per heavy atom. The first-order valence-electron chi connectivity index (χ1n) is 10.8. The first-order valence-corrected chi connectivity index (χ1v) is 11.6. The van der Waals surface area contributed by atoms with Crippen molar-refractivity contribution in [1.82, 2.24) is 15.1 Å². The number of thiophene rings is 1. The van der Waals surface area contributed by atoms with Crippen LogP contribution >= 0.6 is 36.2 Å². The lowest BCUT2D eigenvalue weighted by Gasteiger charge is -2.46. The molecule has 4 aliphatic rings. The molecule has 0 aromatic carbocycles. The fourth-order valence-corrected chi connectivity index (χ4v) is 6.78. The topological polar surface area (TPSA) is 44.8 Å². The minimum atomic E-state index is -0.134. The van der Waals surface area contributed by atoms with Gasteiger partial charge >= 0.3 is 0 Å². The van der Waals surface area contributed by atoms with E-state index < -0.39 is 0 Å². The number of carbonyl (C=O) groups excluding carboxylic acids is 1. The number of piperidine rings is 2. The number of fused-ring (bicyclic) bond motifs is 2. The summed E-state index contributed by atoms with van der Waals surface area (Å²) >= 11 is 1.73. The maximum absolute atomic E-state index is 12.9. The van der Waals surface area contributed by atoms with E-state index in [0.717, 1.165) is 88.9 Å². The van der Waals surface area contributed by atoms with Crippen molar-refractivity contribution >= 4 is 42.1 Å². The number of nitrogens with one attached hydrogen (secondary N) is 1. The summed E-state index contributed by atoms with van der Waals surface area (Å²) in [6, 6.07) is 2.92. The molecule has 0 aliphatic carbocycles. The van der Waals surface area contributed by atoms with Crippen molar-refractivity contribution in [2.24, 2.45) is 0 Å². The number of carbonyl (C=O) groups is 1. The van der Waals surface area contributed by atoms with Gasteiger partial charge in [0.05, 0.1) is 11.5 Å². The fraction of sp³-hybridized carbons (Fsp3) is 0.762. The zero-order valence-corrected chi connectivity index (χ0v) is 19.4. The summed E-state index contributed by atoms with van der Waals surface area (Å²) in [5.41, 5.74) is 1.25. The molecule has 1 amide bonds. The highest BCUT2D eigenvalue weighted by Gasteiger charge is 2.44. The maximum atomic E-state index is 12.9. The lowest BCUT2D eigenvalue weighted by molar-refractivity contribution is -0.101. The molecule has 5 rings (SSSR count). The summed E-state index contributed by atoms with van der Waals surface area (Å²) in [6.45, 7) is 7.20. The molecule has 1 spiro atoms. The number of likely N-dealkylation sites (tertiary alicyclic amines) is 2. The average molecular weight is 462 g/mol. The highest BCUT2D eigenvalue weighted by molar-refractivity contribution is 7.14. The molecule has 1 aromatic heterocycles. The number of hydrogen-bond acceptors (Lipinski definition) is 5. The molecule has 5 nitrogen and oxygen atoms in total. The normalized spacial score (nSPS) is 24.6. The Labute approximate surface area is 190 Å². The third kappa shape index (κ3) is 4.48. The number of halogens is 2. The third-order valence-corrected chi connectivity index (χ3v) is 8.36. The van der Waals surface area contributed by atoms with Crippen LogP contribution in [0.3, 0.4) is 0 Å². The van der Waals surface area contributed by atoms with E-state index >= 15 is 0 Å². The van der Waals surface area contributed by atoms with E-state index in [2.05, 4.69) is 16.3 Å². The van der Waals surface area contributed by atoms with Gasteiger partial charge in [0, 0.05) is 37.1 Å². The van der Waals surface area contributed by atoms with Gasteiger partial charge in [0.25, 0.3) is 5.91 Å². The Morgan fingerprint density at radius 3 is 2.48 bits per heavy atom. The van der Waals surface area contributed by atoms with Crippen molar-refractivity contribution in [3.05, 3.63) is 21.4 Å². The van der Waals surface area contributed by atoms with Gasteiger partial charge in [-0.05, 0) is 69.7 Å². The molecule has 0 unspecified atom stereocenters. The number of amides is 1. The monoisotopic (exact) mass is 461 g/mol. The Morgan fingerprint density at radius 2 is 1.79 bits per heavy atom. The van der Waals surface area contributed by atoms with Crippen LogP contribution in [0.4, 0.5) is 0 Å². The van der Waals surface area contributed by atoms with E-state index in [4.69, 9.17) is 4.74 Å². The van der Waals surface area contributed by atoms with E-state index in [1.54, 1.807) is 11.3 Å². The largest absolute Gasteiger partial charge is 0.369 e. The van der Waals surface area contributed by atoms with Crippen LogP contribution in [0.25, 0.3) is 0 Å². The molecule has 0 atom stereocenters. The highest BCUT2D eigenvalue weighted by Crippen LogP contribution is 2.46. The Kier molecular flexibility index (Phi) is 7.90. The van der Waals surface area contributed by atoms with E-state index in [9.17, 15) is 4.79 Å². The summed E-state index contributed by atoms with van der Waals surface area (Å²) < 4.78 is 6.43. The van der Waals surface area contributed by atoms with Crippen molar-refractivity contribution < 1.29 is 9.53 Å². The molecule has 1 N–H and O–H groups in total. The molecule has 0 saturated carbocycles. The van der Waals surface area contributed by atoms with Crippen molar-refractivity contribution in [1.29, 1.82) is 0 Å². The summed E-state index contributed by atoms with van der Waals surface area (Å²) in [7, 11) is 0. The lowest BCUT2D eigenvalue weighted by atomic mass is 9.84. The highest BCUT2D eigenvalue weighted by atomic mass is 35.5. The Bertz CT molecular complexity index is 694. The van der Waals surface area contributed by atoms with Gasteiger partial charge in [0.1, 0.15) is 5.60 Å². The number of rotatable bonds is 2. The molecule has 4 aliphatic heterocycles. The first kappa shape index (κ1) is 23.3. The molecular formula is C21H33Cl2N3O2S. The summed E-state index contributed by atoms with van der Waals surface area (Å²) in [4.78, 5) is 19.9. The molecule has 164 valence electrons. The van der Waals surface area contributed by atoms with Crippen LogP contribution in [0, 0.1) is 0 Å².